The fourth-order valence-corrected chi connectivity index (χ4v) is 5.36. The summed E-state index contributed by atoms with van der Waals surface area (Å²) >= 11 is 7.81. The highest BCUT2D eigenvalue weighted by Gasteiger charge is 2.41. The smallest absolute Gasteiger partial charge is 0.328 e. The molecule has 0 unspecified atom stereocenters. The van der Waals surface area contributed by atoms with E-state index in [2.05, 4.69) is 42.7 Å². The predicted octanol–water partition coefficient (Wildman–Crippen LogP) is 5.70. The molecule has 9 heteroatoms. The van der Waals surface area contributed by atoms with Crippen molar-refractivity contribution >= 4 is 66.8 Å². The Bertz CT molecular complexity index is 1060. The van der Waals surface area contributed by atoms with Crippen LogP contribution in [-0.4, -0.2) is 35.2 Å². The second kappa shape index (κ2) is 10.0. The normalized spacial score (nSPS) is 16.0. The summed E-state index contributed by atoms with van der Waals surface area (Å²) in [6.07, 6.45) is 1.61. The number of carbonyl (C=O) groups excluding carboxylic acids is 3. The van der Waals surface area contributed by atoms with E-state index in [-0.39, 0.29) is 4.91 Å². The first kappa shape index (κ1) is 23.6. The molecule has 162 valence electrons. The van der Waals surface area contributed by atoms with Crippen molar-refractivity contribution in [2.24, 2.45) is 0 Å². The van der Waals surface area contributed by atoms with Crippen molar-refractivity contribution < 1.29 is 23.9 Å². The molecule has 1 fully saturated rings. The van der Waals surface area contributed by atoms with Gasteiger partial charge in [0.05, 0.1) is 21.0 Å². The van der Waals surface area contributed by atoms with Gasteiger partial charge in [0, 0.05) is 0 Å². The van der Waals surface area contributed by atoms with E-state index >= 15 is 0 Å². The zero-order valence-electron chi connectivity index (χ0n) is 17.0. The standard InChI is InChI=1S/C22H19Br2NO5S/c1-12-5-4-6-14(7-12)11-30-19-16(23)8-15(9-17(19)24)10-18-20(26)25(22(28)31-18)13(2)21(27)29-3/h4-10,13H,11H2,1-3H3/b18-10+/t13-/m1/s1. The number of halogens is 2. The minimum atomic E-state index is -0.987. The molecule has 1 heterocycles. The minimum Gasteiger partial charge on any atom is -0.487 e. The Hall–Kier alpha value is -2.10. The van der Waals surface area contributed by atoms with Gasteiger partial charge < -0.3 is 9.47 Å². The average Bonchev–Trinajstić information content (AvgIpc) is 2.99. The molecule has 0 bridgehead atoms. The Morgan fingerprint density at radius 1 is 1.19 bits per heavy atom. The monoisotopic (exact) mass is 567 g/mol. The lowest BCUT2D eigenvalue weighted by Crippen LogP contribution is -2.42. The summed E-state index contributed by atoms with van der Waals surface area (Å²) in [4.78, 5) is 37.8. The van der Waals surface area contributed by atoms with E-state index in [1.54, 1.807) is 18.2 Å². The number of aryl methyl sites for hydroxylation is 1. The number of carbonyl (C=O) groups is 3. The highest BCUT2D eigenvalue weighted by atomic mass is 79.9. The molecule has 2 amide bonds. The highest BCUT2D eigenvalue weighted by Crippen LogP contribution is 2.38. The second-order valence-electron chi connectivity index (χ2n) is 6.84. The van der Waals surface area contributed by atoms with Gasteiger partial charge in [0.2, 0.25) is 0 Å². The second-order valence-corrected chi connectivity index (χ2v) is 9.54. The van der Waals surface area contributed by atoms with E-state index in [0.29, 0.717) is 26.9 Å². The number of amides is 2. The van der Waals surface area contributed by atoms with Crippen LogP contribution in [0.1, 0.15) is 23.6 Å². The number of thioether (sulfide) groups is 1. The van der Waals surface area contributed by atoms with E-state index in [4.69, 9.17) is 4.74 Å². The lowest BCUT2D eigenvalue weighted by Gasteiger charge is -2.18. The molecule has 0 aromatic heterocycles. The van der Waals surface area contributed by atoms with Crippen molar-refractivity contribution in [1.82, 2.24) is 4.90 Å². The largest absolute Gasteiger partial charge is 0.487 e. The summed E-state index contributed by atoms with van der Waals surface area (Å²) < 4.78 is 12.0. The van der Waals surface area contributed by atoms with Gasteiger partial charge in [-0.15, -0.1) is 0 Å². The number of ether oxygens (including phenoxy) is 2. The van der Waals surface area contributed by atoms with Gasteiger partial charge in [-0.25, -0.2) is 4.79 Å². The van der Waals surface area contributed by atoms with Crippen LogP contribution in [0.3, 0.4) is 0 Å². The van der Waals surface area contributed by atoms with Gasteiger partial charge in [-0.1, -0.05) is 29.8 Å². The highest BCUT2D eigenvalue weighted by molar-refractivity contribution is 9.11. The third-order valence-corrected chi connectivity index (χ3v) is 6.60. The molecule has 0 saturated carbocycles. The molecule has 0 aliphatic carbocycles. The molecule has 2 aromatic carbocycles. The van der Waals surface area contributed by atoms with Crippen LogP contribution in [0.25, 0.3) is 6.08 Å². The van der Waals surface area contributed by atoms with Gasteiger partial charge in [-0.05, 0) is 86.8 Å². The van der Waals surface area contributed by atoms with Crippen LogP contribution in [0, 0.1) is 6.92 Å². The van der Waals surface area contributed by atoms with E-state index in [1.165, 1.54) is 14.0 Å². The van der Waals surface area contributed by atoms with Gasteiger partial charge in [-0.3, -0.25) is 14.5 Å². The molecule has 3 rings (SSSR count). The lowest BCUT2D eigenvalue weighted by molar-refractivity contribution is -0.148. The average molecular weight is 569 g/mol. The fraction of sp³-hybridized carbons (Fsp3) is 0.227. The SMILES string of the molecule is COC(=O)[C@@H](C)N1C(=O)S/C(=C/c2cc(Br)c(OCc3cccc(C)c3)c(Br)c2)C1=O. The Morgan fingerprint density at radius 2 is 1.87 bits per heavy atom. The van der Waals surface area contributed by atoms with Crippen LogP contribution in [0.4, 0.5) is 4.79 Å². The van der Waals surface area contributed by atoms with Crippen LogP contribution in [0.2, 0.25) is 0 Å². The summed E-state index contributed by atoms with van der Waals surface area (Å²) in [6.45, 7) is 3.89. The van der Waals surface area contributed by atoms with Crippen LogP contribution >= 0.6 is 43.6 Å². The molecule has 0 radical (unpaired) electrons. The van der Waals surface area contributed by atoms with Crippen LogP contribution in [0.5, 0.6) is 5.75 Å². The summed E-state index contributed by atoms with van der Waals surface area (Å²) in [6, 6.07) is 10.7. The number of hydrogen-bond donors (Lipinski definition) is 0. The van der Waals surface area contributed by atoms with Crippen molar-refractivity contribution in [2.75, 3.05) is 7.11 Å². The Balaban J connectivity index is 1.79. The van der Waals surface area contributed by atoms with Crippen LogP contribution in [-0.2, 0) is 20.9 Å². The topological polar surface area (TPSA) is 72.9 Å². The Morgan fingerprint density at radius 3 is 2.48 bits per heavy atom. The molecule has 31 heavy (non-hydrogen) atoms. The first-order chi connectivity index (χ1) is 14.7. The molecular formula is C22H19Br2NO5S. The maximum absolute atomic E-state index is 12.7. The molecule has 1 aliphatic heterocycles. The number of imide groups is 1. The molecular weight excluding hydrogens is 550 g/mol. The van der Waals surface area contributed by atoms with E-state index < -0.39 is 23.2 Å². The molecule has 1 atom stereocenters. The number of benzene rings is 2. The van der Waals surface area contributed by atoms with Crippen LogP contribution < -0.4 is 4.74 Å². The van der Waals surface area contributed by atoms with Gasteiger partial charge in [0.25, 0.3) is 11.1 Å². The van der Waals surface area contributed by atoms with Gasteiger partial charge in [0.1, 0.15) is 18.4 Å². The fourth-order valence-electron chi connectivity index (χ4n) is 3.00. The quantitative estimate of drug-likeness (QED) is 0.329. The minimum absolute atomic E-state index is 0.230. The number of rotatable bonds is 6. The zero-order valence-corrected chi connectivity index (χ0v) is 21.0. The van der Waals surface area contributed by atoms with Crippen molar-refractivity contribution in [3.05, 3.63) is 66.9 Å². The van der Waals surface area contributed by atoms with Crippen molar-refractivity contribution in [3.63, 3.8) is 0 Å². The summed E-state index contributed by atoms with van der Waals surface area (Å²) in [5.74, 6) is -0.546. The van der Waals surface area contributed by atoms with Gasteiger partial charge in [0.15, 0.2) is 0 Å². The first-order valence-electron chi connectivity index (χ1n) is 9.23. The molecule has 1 saturated heterocycles. The Kier molecular flexibility index (Phi) is 7.61. The molecule has 0 spiro atoms. The number of hydrogen-bond acceptors (Lipinski definition) is 6. The third-order valence-electron chi connectivity index (χ3n) is 4.54. The van der Waals surface area contributed by atoms with E-state index in [9.17, 15) is 14.4 Å². The number of nitrogens with zero attached hydrogens (tertiary/aromatic N) is 1. The zero-order chi connectivity index (χ0) is 22.7. The molecule has 2 aromatic rings. The summed E-state index contributed by atoms with van der Waals surface area (Å²) in [5.41, 5.74) is 2.90. The van der Waals surface area contributed by atoms with Crippen molar-refractivity contribution in [1.29, 1.82) is 0 Å². The predicted molar refractivity (Wildman–Crippen MR) is 127 cm³/mol. The number of esters is 1. The third kappa shape index (κ3) is 5.39. The van der Waals surface area contributed by atoms with E-state index in [0.717, 1.165) is 27.8 Å². The molecule has 1 aliphatic rings. The van der Waals surface area contributed by atoms with Crippen molar-refractivity contribution in [2.45, 2.75) is 26.5 Å². The first-order valence-corrected chi connectivity index (χ1v) is 11.6. The molecule has 0 N–H and O–H groups in total. The summed E-state index contributed by atoms with van der Waals surface area (Å²) in [7, 11) is 1.21. The van der Waals surface area contributed by atoms with Gasteiger partial charge >= 0.3 is 5.97 Å². The van der Waals surface area contributed by atoms with Crippen LogP contribution in [0.15, 0.2) is 50.2 Å². The Labute approximate surface area is 201 Å². The number of methoxy groups -OCH3 is 1. The maximum atomic E-state index is 12.7. The lowest BCUT2D eigenvalue weighted by atomic mass is 10.1. The summed E-state index contributed by atoms with van der Waals surface area (Å²) in [5, 5.41) is -0.509. The maximum Gasteiger partial charge on any atom is 0.328 e. The van der Waals surface area contributed by atoms with Crippen molar-refractivity contribution in [3.8, 4) is 5.75 Å². The van der Waals surface area contributed by atoms with E-state index in [1.807, 2.05) is 25.1 Å². The molecule has 6 nitrogen and oxygen atoms in total. The van der Waals surface area contributed by atoms with Gasteiger partial charge in [-0.2, -0.15) is 0 Å².